The molecule has 0 saturated heterocycles. The van der Waals surface area contributed by atoms with E-state index in [9.17, 15) is 0 Å². The molecule has 1 rings (SSSR count). The van der Waals surface area contributed by atoms with Gasteiger partial charge in [-0.05, 0) is 73.6 Å². The molecule has 0 aromatic carbocycles. The minimum atomic E-state index is 0.214. The van der Waals surface area contributed by atoms with E-state index in [-0.39, 0.29) is 5.54 Å². The first kappa shape index (κ1) is 14.7. The van der Waals surface area contributed by atoms with Crippen LogP contribution >= 0.6 is 15.9 Å². The number of halogens is 1. The molecule has 0 fully saturated rings. The molecule has 0 aliphatic heterocycles. The molecule has 3 heteroatoms. The summed E-state index contributed by atoms with van der Waals surface area (Å²) < 4.78 is 1.07. The Morgan fingerprint density at radius 2 is 2.06 bits per heavy atom. The van der Waals surface area contributed by atoms with Gasteiger partial charge in [-0.1, -0.05) is 6.92 Å². The molecule has 2 nitrogen and oxygen atoms in total. The van der Waals surface area contributed by atoms with Gasteiger partial charge >= 0.3 is 0 Å². The molecule has 96 valence electrons. The second-order valence-corrected chi connectivity index (χ2v) is 6.70. The van der Waals surface area contributed by atoms with Gasteiger partial charge in [0.1, 0.15) is 0 Å². The number of rotatable bonds is 5. The topological polar surface area (TPSA) is 24.9 Å². The smallest absolute Gasteiger partial charge is 0.0410 e. The molecule has 0 amide bonds. The van der Waals surface area contributed by atoms with Crippen molar-refractivity contribution in [3.05, 3.63) is 28.5 Å². The van der Waals surface area contributed by atoms with E-state index in [0.29, 0.717) is 5.92 Å². The predicted octanol–water partition coefficient (Wildman–Crippen LogP) is 3.80. The van der Waals surface area contributed by atoms with E-state index in [0.717, 1.165) is 17.4 Å². The monoisotopic (exact) mass is 298 g/mol. The van der Waals surface area contributed by atoms with Gasteiger partial charge in [-0.3, -0.25) is 4.98 Å². The zero-order valence-electron chi connectivity index (χ0n) is 11.3. The summed E-state index contributed by atoms with van der Waals surface area (Å²) >= 11 is 3.45. The first-order chi connectivity index (χ1) is 7.87. The quantitative estimate of drug-likeness (QED) is 0.894. The van der Waals surface area contributed by atoms with Crippen LogP contribution in [0.15, 0.2) is 22.9 Å². The van der Waals surface area contributed by atoms with Crippen LogP contribution in [0.3, 0.4) is 0 Å². The van der Waals surface area contributed by atoms with Crippen LogP contribution < -0.4 is 5.32 Å². The Hall–Kier alpha value is -0.410. The fourth-order valence-electron chi connectivity index (χ4n) is 1.59. The molecule has 1 aromatic rings. The SMILES string of the molecule is CC(CCc1cncc(Br)c1)CNC(C)(C)C. The molecule has 1 aromatic heterocycles. The van der Waals surface area contributed by atoms with Crippen molar-refractivity contribution in [3.8, 4) is 0 Å². The van der Waals surface area contributed by atoms with Gasteiger partial charge in [-0.2, -0.15) is 0 Å². The summed E-state index contributed by atoms with van der Waals surface area (Å²) in [5.41, 5.74) is 1.52. The molecule has 0 radical (unpaired) electrons. The number of nitrogens with zero attached hydrogens (tertiary/aromatic N) is 1. The van der Waals surface area contributed by atoms with E-state index in [1.165, 1.54) is 12.0 Å². The minimum absolute atomic E-state index is 0.214. The van der Waals surface area contributed by atoms with Crippen LogP contribution in [0.2, 0.25) is 0 Å². The number of nitrogens with one attached hydrogen (secondary N) is 1. The highest BCUT2D eigenvalue weighted by Gasteiger charge is 2.11. The van der Waals surface area contributed by atoms with Crippen LogP contribution in [0.25, 0.3) is 0 Å². The zero-order chi connectivity index (χ0) is 12.9. The zero-order valence-corrected chi connectivity index (χ0v) is 12.8. The van der Waals surface area contributed by atoms with Gasteiger partial charge in [0.15, 0.2) is 0 Å². The summed E-state index contributed by atoms with van der Waals surface area (Å²) in [5.74, 6) is 0.688. The molecule has 1 atom stereocenters. The number of hydrogen-bond donors (Lipinski definition) is 1. The second kappa shape index (κ2) is 6.50. The Morgan fingerprint density at radius 3 is 2.65 bits per heavy atom. The van der Waals surface area contributed by atoms with E-state index in [4.69, 9.17) is 0 Å². The van der Waals surface area contributed by atoms with Crippen molar-refractivity contribution in [1.29, 1.82) is 0 Å². The molecular formula is C14H23BrN2. The molecular weight excluding hydrogens is 276 g/mol. The third-order valence-corrected chi connectivity index (χ3v) is 3.10. The molecule has 1 unspecified atom stereocenters. The molecule has 1 N–H and O–H groups in total. The van der Waals surface area contributed by atoms with Crippen molar-refractivity contribution in [2.45, 2.75) is 46.1 Å². The predicted molar refractivity (Wildman–Crippen MR) is 77.2 cm³/mol. The van der Waals surface area contributed by atoms with E-state index >= 15 is 0 Å². The molecule has 1 heterocycles. The van der Waals surface area contributed by atoms with Gasteiger partial charge in [0.05, 0.1) is 0 Å². The average molecular weight is 299 g/mol. The third kappa shape index (κ3) is 6.79. The van der Waals surface area contributed by atoms with Crippen molar-refractivity contribution in [2.75, 3.05) is 6.54 Å². The van der Waals surface area contributed by atoms with Crippen LogP contribution in [0.4, 0.5) is 0 Å². The van der Waals surface area contributed by atoms with Crippen molar-refractivity contribution in [1.82, 2.24) is 10.3 Å². The molecule has 0 bridgehead atoms. The van der Waals surface area contributed by atoms with Gasteiger partial charge in [-0.25, -0.2) is 0 Å². The fourth-order valence-corrected chi connectivity index (χ4v) is 2.00. The van der Waals surface area contributed by atoms with Crippen LogP contribution in [0.5, 0.6) is 0 Å². The molecule has 0 aliphatic rings. The lowest BCUT2D eigenvalue weighted by molar-refractivity contribution is 0.372. The van der Waals surface area contributed by atoms with Crippen molar-refractivity contribution < 1.29 is 0 Å². The maximum Gasteiger partial charge on any atom is 0.0410 e. The van der Waals surface area contributed by atoms with Gasteiger partial charge in [0.2, 0.25) is 0 Å². The van der Waals surface area contributed by atoms with E-state index in [1.54, 1.807) is 0 Å². The first-order valence-electron chi connectivity index (χ1n) is 6.21. The van der Waals surface area contributed by atoms with Crippen LogP contribution in [0, 0.1) is 5.92 Å². The number of pyridine rings is 1. The summed E-state index contributed by atoms with van der Waals surface area (Å²) in [5, 5.41) is 3.54. The van der Waals surface area contributed by atoms with E-state index < -0.39 is 0 Å². The normalized spacial score (nSPS) is 13.7. The Kier molecular flexibility index (Phi) is 5.60. The highest BCUT2D eigenvalue weighted by Crippen LogP contribution is 2.14. The van der Waals surface area contributed by atoms with Gasteiger partial charge < -0.3 is 5.32 Å². The standard InChI is InChI=1S/C14H23BrN2/c1-11(8-17-14(2,3)4)5-6-12-7-13(15)10-16-9-12/h7,9-11,17H,5-6,8H2,1-4H3. The number of aryl methyl sites for hydroxylation is 1. The molecule has 0 spiro atoms. The van der Waals surface area contributed by atoms with Crippen molar-refractivity contribution >= 4 is 15.9 Å². The Balaban J connectivity index is 2.31. The maximum atomic E-state index is 4.18. The fraction of sp³-hybridized carbons (Fsp3) is 0.643. The van der Waals surface area contributed by atoms with Gasteiger partial charge in [-0.15, -0.1) is 0 Å². The van der Waals surface area contributed by atoms with Gasteiger partial charge in [0.25, 0.3) is 0 Å². The summed E-state index contributed by atoms with van der Waals surface area (Å²) in [4.78, 5) is 4.18. The second-order valence-electron chi connectivity index (χ2n) is 5.79. The lowest BCUT2D eigenvalue weighted by Crippen LogP contribution is -2.38. The minimum Gasteiger partial charge on any atom is -0.312 e. The van der Waals surface area contributed by atoms with Crippen molar-refractivity contribution in [2.24, 2.45) is 5.92 Å². The molecule has 17 heavy (non-hydrogen) atoms. The molecule has 0 saturated carbocycles. The largest absolute Gasteiger partial charge is 0.312 e. The lowest BCUT2D eigenvalue weighted by Gasteiger charge is -2.23. The summed E-state index contributed by atoms with van der Waals surface area (Å²) in [6, 6.07) is 2.15. The van der Waals surface area contributed by atoms with Crippen LogP contribution in [-0.4, -0.2) is 17.1 Å². The number of hydrogen-bond acceptors (Lipinski definition) is 2. The Morgan fingerprint density at radius 1 is 1.35 bits per heavy atom. The molecule has 0 aliphatic carbocycles. The highest BCUT2D eigenvalue weighted by atomic mass is 79.9. The average Bonchev–Trinajstić information content (AvgIpc) is 2.23. The maximum absolute atomic E-state index is 4.18. The summed E-state index contributed by atoms with van der Waals surface area (Å²) in [6.07, 6.45) is 6.07. The van der Waals surface area contributed by atoms with E-state index in [2.05, 4.69) is 60.0 Å². The number of aromatic nitrogens is 1. The Bertz CT molecular complexity index is 344. The third-order valence-electron chi connectivity index (χ3n) is 2.67. The summed E-state index contributed by atoms with van der Waals surface area (Å²) in [6.45, 7) is 9.99. The first-order valence-corrected chi connectivity index (χ1v) is 7.00. The Labute approximate surface area is 113 Å². The highest BCUT2D eigenvalue weighted by molar-refractivity contribution is 9.10. The van der Waals surface area contributed by atoms with Crippen LogP contribution in [-0.2, 0) is 6.42 Å². The van der Waals surface area contributed by atoms with Crippen LogP contribution in [0.1, 0.15) is 39.7 Å². The van der Waals surface area contributed by atoms with E-state index in [1.807, 2.05) is 12.4 Å². The van der Waals surface area contributed by atoms with Crippen molar-refractivity contribution in [3.63, 3.8) is 0 Å². The van der Waals surface area contributed by atoms with Gasteiger partial charge in [0, 0.05) is 22.4 Å². The summed E-state index contributed by atoms with van der Waals surface area (Å²) in [7, 11) is 0. The lowest BCUT2D eigenvalue weighted by atomic mass is 10.0.